The van der Waals surface area contributed by atoms with Crippen LogP contribution in [0.1, 0.15) is 113 Å². The third-order valence-corrected chi connectivity index (χ3v) is 12.0. The van der Waals surface area contributed by atoms with Crippen molar-refractivity contribution < 1.29 is 14.3 Å². The van der Waals surface area contributed by atoms with Gasteiger partial charge in [0.2, 0.25) is 0 Å². The molecule has 5 rings (SSSR count). The molecule has 0 aromatic heterocycles. The summed E-state index contributed by atoms with van der Waals surface area (Å²) in [4.78, 5) is 25.4. The van der Waals surface area contributed by atoms with Crippen LogP contribution in [0.15, 0.2) is 22.8 Å². The Morgan fingerprint density at radius 3 is 2.29 bits per heavy atom. The Labute approximate surface area is 207 Å². The molecule has 0 unspecified atom stereocenters. The van der Waals surface area contributed by atoms with Crippen LogP contribution in [0.4, 0.5) is 0 Å². The van der Waals surface area contributed by atoms with Gasteiger partial charge in [0.25, 0.3) is 0 Å². The number of fused-ring (bicyclic) bond motifs is 6. The molecule has 0 spiro atoms. The van der Waals surface area contributed by atoms with Gasteiger partial charge in [0.05, 0.1) is 0 Å². The molecule has 3 heteroatoms. The molecule has 0 heterocycles. The molecule has 5 aliphatic rings. The molecule has 2 fully saturated rings. The van der Waals surface area contributed by atoms with Gasteiger partial charge in [-0.25, -0.2) is 0 Å². The van der Waals surface area contributed by atoms with Gasteiger partial charge < -0.3 is 4.74 Å². The highest BCUT2D eigenvalue weighted by atomic mass is 16.5. The monoisotopic (exact) mass is 466 g/mol. The Morgan fingerprint density at radius 2 is 1.62 bits per heavy atom. The lowest BCUT2D eigenvalue weighted by molar-refractivity contribution is -0.206. The van der Waals surface area contributed by atoms with Crippen molar-refractivity contribution in [2.75, 3.05) is 0 Å². The normalized spacial score (nSPS) is 44.8. The predicted molar refractivity (Wildman–Crippen MR) is 136 cm³/mol. The minimum atomic E-state index is -0.153. The van der Waals surface area contributed by atoms with Gasteiger partial charge in [-0.1, -0.05) is 54.5 Å². The van der Waals surface area contributed by atoms with E-state index < -0.39 is 0 Å². The van der Waals surface area contributed by atoms with Crippen LogP contribution in [0.25, 0.3) is 0 Å². The summed E-state index contributed by atoms with van der Waals surface area (Å²) in [7, 11) is 0. The van der Waals surface area contributed by atoms with E-state index in [0.29, 0.717) is 24.0 Å². The molecule has 0 radical (unpaired) electrons. The van der Waals surface area contributed by atoms with Gasteiger partial charge in [-0.3, -0.25) is 9.59 Å². The lowest BCUT2D eigenvalue weighted by Gasteiger charge is -2.69. The van der Waals surface area contributed by atoms with Crippen molar-refractivity contribution >= 4 is 11.8 Å². The standard InChI is InChI=1S/C31H46O3/c1-19(32)34-26-13-15-29(6)24(28(26,4)5)12-16-30(7)25(29)10-9-22-21-17-27(2,3)14-11-20(21)23(33)18-31(22,30)8/h9,24-26H,10-18H2,1-8H3/t24-,25+,26-,29-,30+,31+/m0/s1. The summed E-state index contributed by atoms with van der Waals surface area (Å²) in [5.74, 6) is 1.35. The van der Waals surface area contributed by atoms with Crippen LogP contribution in [0.2, 0.25) is 0 Å². The maximum atomic E-state index is 13.6. The van der Waals surface area contributed by atoms with Crippen molar-refractivity contribution in [3.8, 4) is 0 Å². The van der Waals surface area contributed by atoms with Crippen molar-refractivity contribution in [1.29, 1.82) is 0 Å². The molecule has 188 valence electrons. The lowest BCUT2D eigenvalue weighted by atomic mass is 9.35. The number of hydrogen-bond acceptors (Lipinski definition) is 3. The third-order valence-electron chi connectivity index (χ3n) is 12.0. The molecular weight excluding hydrogens is 420 g/mol. The minimum Gasteiger partial charge on any atom is -0.462 e. The molecule has 0 aromatic carbocycles. The van der Waals surface area contributed by atoms with E-state index in [4.69, 9.17) is 4.74 Å². The Bertz CT molecular complexity index is 996. The number of allylic oxidation sites excluding steroid dienone is 4. The summed E-state index contributed by atoms with van der Waals surface area (Å²) >= 11 is 0. The first-order valence-electron chi connectivity index (χ1n) is 13.8. The summed E-state index contributed by atoms with van der Waals surface area (Å²) in [5, 5.41) is 0. The number of hydrogen-bond donors (Lipinski definition) is 0. The van der Waals surface area contributed by atoms with Crippen LogP contribution in [-0.4, -0.2) is 17.9 Å². The molecule has 0 aromatic rings. The zero-order chi connectivity index (χ0) is 24.9. The fourth-order valence-electron chi connectivity index (χ4n) is 9.93. The molecule has 0 N–H and O–H groups in total. The summed E-state index contributed by atoms with van der Waals surface area (Å²) in [6.07, 6.45) is 11.9. The van der Waals surface area contributed by atoms with E-state index in [1.165, 1.54) is 11.1 Å². The van der Waals surface area contributed by atoms with E-state index in [-0.39, 0.29) is 39.1 Å². The zero-order valence-electron chi connectivity index (χ0n) is 22.9. The Hall–Kier alpha value is -1.38. The number of Topliss-reactive ketones (excluding diaryl/α,β-unsaturated/α-hetero) is 1. The van der Waals surface area contributed by atoms with Crippen LogP contribution in [0.3, 0.4) is 0 Å². The van der Waals surface area contributed by atoms with E-state index in [0.717, 1.165) is 56.9 Å². The van der Waals surface area contributed by atoms with Gasteiger partial charge in [-0.15, -0.1) is 0 Å². The quantitative estimate of drug-likeness (QED) is 0.374. The van der Waals surface area contributed by atoms with Crippen molar-refractivity contribution in [2.24, 2.45) is 38.9 Å². The van der Waals surface area contributed by atoms with Crippen molar-refractivity contribution in [3.63, 3.8) is 0 Å². The molecule has 6 atom stereocenters. The molecular formula is C31H46O3. The van der Waals surface area contributed by atoms with Gasteiger partial charge in [0.1, 0.15) is 6.10 Å². The Balaban J connectivity index is 1.56. The van der Waals surface area contributed by atoms with Crippen LogP contribution in [0.5, 0.6) is 0 Å². The molecule has 0 amide bonds. The van der Waals surface area contributed by atoms with Crippen LogP contribution in [0, 0.1) is 38.9 Å². The second kappa shape index (κ2) is 7.32. The number of ketones is 1. The average molecular weight is 467 g/mol. The van der Waals surface area contributed by atoms with E-state index in [9.17, 15) is 9.59 Å². The fraction of sp³-hybridized carbons (Fsp3) is 0.806. The third kappa shape index (κ3) is 3.13. The zero-order valence-corrected chi connectivity index (χ0v) is 22.9. The van der Waals surface area contributed by atoms with Gasteiger partial charge >= 0.3 is 5.97 Å². The first kappa shape index (κ1) is 24.3. The second-order valence-electron chi connectivity index (χ2n) is 14.6. The number of carbonyl (C=O) groups excluding carboxylic acids is 2. The molecule has 5 aliphatic carbocycles. The van der Waals surface area contributed by atoms with Gasteiger partial charge in [0.15, 0.2) is 5.78 Å². The Morgan fingerprint density at radius 1 is 0.912 bits per heavy atom. The maximum Gasteiger partial charge on any atom is 0.302 e. The van der Waals surface area contributed by atoms with Gasteiger partial charge in [-0.05, 0) is 96.2 Å². The molecule has 34 heavy (non-hydrogen) atoms. The van der Waals surface area contributed by atoms with Crippen molar-refractivity contribution in [2.45, 2.75) is 119 Å². The Kier molecular flexibility index (Phi) is 5.24. The van der Waals surface area contributed by atoms with E-state index in [2.05, 4.69) is 54.5 Å². The second-order valence-corrected chi connectivity index (χ2v) is 14.6. The number of ether oxygens (including phenoxy) is 1. The van der Waals surface area contributed by atoms with Crippen LogP contribution in [-0.2, 0) is 14.3 Å². The summed E-state index contributed by atoms with van der Waals surface area (Å²) in [5.41, 5.74) is 4.58. The summed E-state index contributed by atoms with van der Waals surface area (Å²) in [6, 6.07) is 0. The predicted octanol–water partition coefficient (Wildman–Crippen LogP) is 7.59. The molecule has 0 aliphatic heterocycles. The molecule has 0 bridgehead atoms. The van der Waals surface area contributed by atoms with Gasteiger partial charge in [0, 0.05) is 24.2 Å². The van der Waals surface area contributed by atoms with Crippen LogP contribution < -0.4 is 0 Å². The highest BCUT2D eigenvalue weighted by molar-refractivity contribution is 5.99. The molecule has 3 nitrogen and oxygen atoms in total. The first-order chi connectivity index (χ1) is 15.7. The molecule has 0 saturated heterocycles. The first-order valence-corrected chi connectivity index (χ1v) is 13.8. The summed E-state index contributed by atoms with van der Waals surface area (Å²) in [6.45, 7) is 18.5. The number of esters is 1. The number of carbonyl (C=O) groups is 2. The van der Waals surface area contributed by atoms with Crippen LogP contribution >= 0.6 is 0 Å². The van der Waals surface area contributed by atoms with E-state index in [1.807, 2.05) is 0 Å². The van der Waals surface area contributed by atoms with Crippen molar-refractivity contribution in [3.05, 3.63) is 22.8 Å². The van der Waals surface area contributed by atoms with Gasteiger partial charge in [-0.2, -0.15) is 0 Å². The molecule has 2 saturated carbocycles. The summed E-state index contributed by atoms with van der Waals surface area (Å²) < 4.78 is 5.86. The average Bonchev–Trinajstić information content (AvgIpc) is 2.70. The smallest absolute Gasteiger partial charge is 0.302 e. The topological polar surface area (TPSA) is 43.4 Å². The maximum absolute atomic E-state index is 13.6. The highest BCUT2D eigenvalue weighted by Gasteiger charge is 2.67. The minimum absolute atomic E-state index is 0.00570. The lowest BCUT2D eigenvalue weighted by Crippen LogP contribution is -2.63. The highest BCUT2D eigenvalue weighted by Crippen LogP contribution is 2.73. The number of rotatable bonds is 1. The van der Waals surface area contributed by atoms with Crippen molar-refractivity contribution in [1.82, 2.24) is 0 Å². The van der Waals surface area contributed by atoms with E-state index >= 15 is 0 Å². The SMILES string of the molecule is CC(=O)O[C@H]1CC[C@]2(C)[C@H]3CC=C4C5=C(CCC(C)(C)C5)C(=O)C[C@@]4(C)[C@]3(C)CC[C@H]2C1(C)C. The fourth-order valence-corrected chi connectivity index (χ4v) is 9.93. The largest absolute Gasteiger partial charge is 0.462 e. The van der Waals surface area contributed by atoms with E-state index in [1.54, 1.807) is 6.92 Å².